The van der Waals surface area contributed by atoms with Gasteiger partial charge in [0, 0.05) is 5.69 Å². The number of hydrogen-bond acceptors (Lipinski definition) is 4. The smallest absolute Gasteiger partial charge is 0.265 e. The van der Waals surface area contributed by atoms with Gasteiger partial charge in [-0.15, -0.1) is 11.3 Å². The van der Waals surface area contributed by atoms with Crippen LogP contribution in [0.2, 0.25) is 0 Å². The first-order chi connectivity index (χ1) is 12.1. The Kier molecular flexibility index (Phi) is 4.78. The van der Waals surface area contributed by atoms with Crippen molar-refractivity contribution >= 4 is 22.9 Å². The van der Waals surface area contributed by atoms with Crippen molar-refractivity contribution in [2.75, 3.05) is 5.32 Å². The molecule has 0 atom stereocenters. The van der Waals surface area contributed by atoms with Crippen LogP contribution in [0, 0.1) is 24.1 Å². The maximum atomic E-state index is 13.6. The van der Waals surface area contributed by atoms with Crippen molar-refractivity contribution in [2.45, 2.75) is 6.92 Å². The maximum Gasteiger partial charge on any atom is 0.265 e. The third-order valence-electron chi connectivity index (χ3n) is 3.50. The normalized spacial score (nSPS) is 10.1. The number of carbonyl (C=O) groups excluding carboxylic acids is 1. The molecule has 0 unspecified atom stereocenters. The minimum Gasteiger partial charge on any atom is -0.456 e. The molecular weight excluding hydrogens is 339 g/mol. The van der Waals surface area contributed by atoms with Gasteiger partial charge in [0.1, 0.15) is 28.9 Å². The van der Waals surface area contributed by atoms with E-state index in [9.17, 15) is 9.18 Å². The summed E-state index contributed by atoms with van der Waals surface area (Å²) in [5.41, 5.74) is 1.40. The molecule has 25 heavy (non-hydrogen) atoms. The quantitative estimate of drug-likeness (QED) is 0.709. The number of anilines is 1. The summed E-state index contributed by atoms with van der Waals surface area (Å²) in [6.07, 6.45) is 0. The Bertz CT molecular complexity index is 958. The van der Waals surface area contributed by atoms with Crippen molar-refractivity contribution in [3.63, 3.8) is 0 Å². The average molecular weight is 352 g/mol. The number of nitrogens with zero attached hydrogens (tertiary/aromatic N) is 1. The minimum absolute atomic E-state index is 0.145. The summed E-state index contributed by atoms with van der Waals surface area (Å²) in [6.45, 7) is 1.88. The predicted molar refractivity (Wildman–Crippen MR) is 94.6 cm³/mol. The number of carbonyl (C=O) groups is 1. The van der Waals surface area contributed by atoms with E-state index < -0.39 is 5.82 Å². The molecule has 2 aromatic carbocycles. The van der Waals surface area contributed by atoms with Crippen LogP contribution in [0.3, 0.4) is 0 Å². The van der Waals surface area contributed by atoms with E-state index >= 15 is 0 Å². The number of rotatable bonds is 4. The lowest BCUT2D eigenvalue weighted by molar-refractivity contribution is 0.103. The molecule has 6 heteroatoms. The van der Waals surface area contributed by atoms with Crippen LogP contribution < -0.4 is 10.1 Å². The second-order valence-electron chi connectivity index (χ2n) is 5.24. The third-order valence-corrected chi connectivity index (χ3v) is 4.51. The van der Waals surface area contributed by atoms with Gasteiger partial charge in [-0.1, -0.05) is 6.07 Å². The molecule has 3 aromatic rings. The fraction of sp³-hybridized carbons (Fsp3) is 0.0526. The molecule has 1 amide bonds. The first-order valence-electron chi connectivity index (χ1n) is 7.40. The molecule has 1 aromatic heterocycles. The first-order valence-corrected chi connectivity index (χ1v) is 8.28. The Morgan fingerprint density at radius 2 is 1.96 bits per heavy atom. The van der Waals surface area contributed by atoms with Crippen LogP contribution >= 0.6 is 11.3 Å². The molecule has 0 fully saturated rings. The SMILES string of the molecule is Cc1ccsc1C(=O)Nc1ccc(Oc2cccc(F)c2C#N)cc1. The fourth-order valence-corrected chi connectivity index (χ4v) is 3.04. The van der Waals surface area contributed by atoms with Gasteiger partial charge < -0.3 is 10.1 Å². The standard InChI is InChI=1S/C19H13FN2O2S/c1-12-9-10-25-18(12)19(23)22-13-5-7-14(8-6-13)24-17-4-2-3-16(20)15(17)11-21/h2-10H,1H3,(H,22,23). The summed E-state index contributed by atoms with van der Waals surface area (Å²) in [4.78, 5) is 12.8. The van der Waals surface area contributed by atoms with Crippen molar-refractivity contribution in [1.29, 1.82) is 5.26 Å². The Hall–Kier alpha value is -3.17. The largest absolute Gasteiger partial charge is 0.456 e. The summed E-state index contributed by atoms with van der Waals surface area (Å²) >= 11 is 1.38. The molecule has 3 rings (SSSR count). The van der Waals surface area contributed by atoms with Crippen molar-refractivity contribution in [3.05, 3.63) is 75.7 Å². The highest BCUT2D eigenvalue weighted by atomic mass is 32.1. The third kappa shape index (κ3) is 3.67. The zero-order valence-electron chi connectivity index (χ0n) is 13.2. The summed E-state index contributed by atoms with van der Waals surface area (Å²) in [6, 6.07) is 14.5. The van der Waals surface area contributed by atoms with E-state index in [4.69, 9.17) is 10.00 Å². The summed E-state index contributed by atoms with van der Waals surface area (Å²) < 4.78 is 19.1. The molecule has 0 spiro atoms. The monoisotopic (exact) mass is 352 g/mol. The topological polar surface area (TPSA) is 62.1 Å². The molecule has 0 aliphatic carbocycles. The van der Waals surface area contributed by atoms with Crippen LogP contribution in [0.15, 0.2) is 53.9 Å². The second-order valence-corrected chi connectivity index (χ2v) is 6.15. The molecule has 0 aliphatic rings. The van der Waals surface area contributed by atoms with Crippen molar-refractivity contribution < 1.29 is 13.9 Å². The molecule has 0 saturated carbocycles. The van der Waals surface area contributed by atoms with Gasteiger partial charge in [-0.05, 0) is 60.3 Å². The van der Waals surface area contributed by atoms with Gasteiger partial charge >= 0.3 is 0 Å². The van der Waals surface area contributed by atoms with Crippen LogP contribution in [0.25, 0.3) is 0 Å². The van der Waals surface area contributed by atoms with Gasteiger partial charge in [0.05, 0.1) is 4.88 Å². The van der Waals surface area contributed by atoms with E-state index in [1.165, 1.54) is 29.5 Å². The molecule has 1 N–H and O–H groups in total. The van der Waals surface area contributed by atoms with Crippen molar-refractivity contribution in [1.82, 2.24) is 0 Å². The lowest BCUT2D eigenvalue weighted by Gasteiger charge is -2.09. The van der Waals surface area contributed by atoms with E-state index in [0.29, 0.717) is 16.3 Å². The molecule has 0 radical (unpaired) electrons. The Morgan fingerprint density at radius 3 is 2.60 bits per heavy atom. The van der Waals surface area contributed by atoms with Crippen LogP contribution in [0.1, 0.15) is 20.8 Å². The molecule has 4 nitrogen and oxygen atoms in total. The van der Waals surface area contributed by atoms with Gasteiger partial charge in [0.2, 0.25) is 0 Å². The van der Waals surface area contributed by atoms with Crippen molar-refractivity contribution in [2.24, 2.45) is 0 Å². The van der Waals surface area contributed by atoms with Gasteiger partial charge in [-0.2, -0.15) is 5.26 Å². The Morgan fingerprint density at radius 1 is 1.20 bits per heavy atom. The van der Waals surface area contributed by atoms with Gasteiger partial charge in [0.25, 0.3) is 5.91 Å². The molecule has 124 valence electrons. The highest BCUT2D eigenvalue weighted by molar-refractivity contribution is 7.12. The van der Waals surface area contributed by atoms with Crippen LogP contribution in [0.4, 0.5) is 10.1 Å². The lowest BCUT2D eigenvalue weighted by Crippen LogP contribution is -2.11. The number of benzene rings is 2. The molecule has 0 saturated heterocycles. The van der Waals surface area contributed by atoms with Gasteiger partial charge in [0.15, 0.2) is 0 Å². The highest BCUT2D eigenvalue weighted by Crippen LogP contribution is 2.27. The maximum absolute atomic E-state index is 13.6. The zero-order chi connectivity index (χ0) is 17.8. The lowest BCUT2D eigenvalue weighted by atomic mass is 10.2. The van der Waals surface area contributed by atoms with Crippen LogP contribution in [-0.4, -0.2) is 5.91 Å². The Balaban J connectivity index is 1.73. The van der Waals surface area contributed by atoms with E-state index in [2.05, 4.69) is 5.32 Å². The summed E-state index contributed by atoms with van der Waals surface area (Å²) in [7, 11) is 0. The highest BCUT2D eigenvalue weighted by Gasteiger charge is 2.12. The predicted octanol–water partition coefficient (Wildman–Crippen LogP) is 5.11. The van der Waals surface area contributed by atoms with E-state index in [1.54, 1.807) is 30.3 Å². The number of amides is 1. The fourth-order valence-electron chi connectivity index (χ4n) is 2.22. The number of hydrogen-bond donors (Lipinski definition) is 1. The second kappa shape index (κ2) is 7.16. The molecule has 1 heterocycles. The average Bonchev–Trinajstić information content (AvgIpc) is 3.03. The zero-order valence-corrected chi connectivity index (χ0v) is 14.1. The summed E-state index contributed by atoms with van der Waals surface area (Å²) in [5, 5.41) is 13.7. The molecule has 0 aliphatic heterocycles. The number of nitrogens with one attached hydrogen (secondary N) is 1. The molecular formula is C19H13FN2O2S. The van der Waals surface area contributed by atoms with Gasteiger partial charge in [-0.25, -0.2) is 4.39 Å². The first kappa shape index (κ1) is 16.7. The van der Waals surface area contributed by atoms with E-state index in [1.807, 2.05) is 18.4 Å². The number of halogens is 1. The summed E-state index contributed by atoms with van der Waals surface area (Å²) in [5.74, 6) is -0.214. The minimum atomic E-state index is -0.629. The number of ether oxygens (including phenoxy) is 1. The van der Waals surface area contributed by atoms with Crippen LogP contribution in [0.5, 0.6) is 11.5 Å². The van der Waals surface area contributed by atoms with E-state index in [0.717, 1.165) is 5.56 Å². The Labute approximate surface area is 148 Å². The van der Waals surface area contributed by atoms with Gasteiger partial charge in [-0.3, -0.25) is 4.79 Å². The number of thiophene rings is 1. The molecule has 0 bridgehead atoms. The number of nitriles is 1. The van der Waals surface area contributed by atoms with Crippen LogP contribution in [-0.2, 0) is 0 Å². The van der Waals surface area contributed by atoms with Crippen molar-refractivity contribution in [3.8, 4) is 17.6 Å². The van der Waals surface area contributed by atoms with E-state index in [-0.39, 0.29) is 17.2 Å². The number of aryl methyl sites for hydroxylation is 1.